The van der Waals surface area contributed by atoms with Crippen LogP contribution in [0.5, 0.6) is 5.75 Å². The fraction of sp³-hybridized carbons (Fsp3) is 0.214. The van der Waals surface area contributed by atoms with Crippen molar-refractivity contribution in [3.63, 3.8) is 0 Å². The molecule has 1 aromatic carbocycles. The van der Waals surface area contributed by atoms with Gasteiger partial charge in [0.1, 0.15) is 17.6 Å². The molecule has 0 atom stereocenters. The van der Waals surface area contributed by atoms with Crippen molar-refractivity contribution in [3.8, 4) is 5.75 Å². The molecule has 6 nitrogen and oxygen atoms in total. The second kappa shape index (κ2) is 4.70. The normalized spacial score (nSPS) is 13.4. The number of rotatable bonds is 2. The Morgan fingerprint density at radius 1 is 1.29 bits per heavy atom. The van der Waals surface area contributed by atoms with Crippen LogP contribution < -0.4 is 10.5 Å². The minimum absolute atomic E-state index is 0.398. The van der Waals surface area contributed by atoms with Crippen LogP contribution in [-0.4, -0.2) is 26.1 Å². The highest BCUT2D eigenvalue weighted by atomic mass is 79.9. The first kappa shape index (κ1) is 12.6. The second-order valence-corrected chi connectivity index (χ2v) is 5.87. The van der Waals surface area contributed by atoms with Gasteiger partial charge in [-0.3, -0.25) is 0 Å². The Labute approximate surface area is 129 Å². The molecule has 3 heterocycles. The number of nitrogens with two attached hydrogens (primary N) is 1. The molecule has 0 unspecified atom stereocenters. The van der Waals surface area contributed by atoms with E-state index in [1.165, 1.54) is 11.9 Å². The Bertz CT molecular complexity index is 845. The fourth-order valence-electron chi connectivity index (χ4n) is 2.66. The first-order chi connectivity index (χ1) is 10.2. The van der Waals surface area contributed by atoms with Gasteiger partial charge >= 0.3 is 0 Å². The third-order valence-corrected chi connectivity index (χ3v) is 4.05. The SMILES string of the molecule is Nc1ncnc2c1ncn2Cc1cc(Br)cc2c1OCC2. The van der Waals surface area contributed by atoms with Crippen LogP contribution in [0, 0.1) is 0 Å². The first-order valence-corrected chi connectivity index (χ1v) is 7.37. The topological polar surface area (TPSA) is 78.9 Å². The molecule has 21 heavy (non-hydrogen) atoms. The van der Waals surface area contributed by atoms with Gasteiger partial charge in [-0.1, -0.05) is 15.9 Å². The van der Waals surface area contributed by atoms with Crippen LogP contribution in [0.2, 0.25) is 0 Å². The number of hydrogen-bond acceptors (Lipinski definition) is 5. The molecule has 7 heteroatoms. The summed E-state index contributed by atoms with van der Waals surface area (Å²) in [5.74, 6) is 1.37. The van der Waals surface area contributed by atoms with E-state index < -0.39 is 0 Å². The minimum atomic E-state index is 0.398. The summed E-state index contributed by atoms with van der Waals surface area (Å²) in [6, 6.07) is 4.18. The average molecular weight is 346 g/mol. The summed E-state index contributed by atoms with van der Waals surface area (Å²) in [7, 11) is 0. The van der Waals surface area contributed by atoms with E-state index in [4.69, 9.17) is 10.5 Å². The number of fused-ring (bicyclic) bond motifs is 2. The molecule has 0 fully saturated rings. The van der Waals surface area contributed by atoms with Gasteiger partial charge in [0, 0.05) is 16.5 Å². The van der Waals surface area contributed by atoms with E-state index in [2.05, 4.69) is 43.0 Å². The molecule has 4 rings (SSSR count). The number of nitrogens with zero attached hydrogens (tertiary/aromatic N) is 4. The number of nitrogen functional groups attached to an aromatic ring is 1. The van der Waals surface area contributed by atoms with Crippen LogP contribution >= 0.6 is 15.9 Å². The number of anilines is 1. The lowest BCUT2D eigenvalue weighted by Crippen LogP contribution is -2.02. The Kier molecular flexibility index (Phi) is 2.81. The molecule has 0 amide bonds. The monoisotopic (exact) mass is 345 g/mol. The summed E-state index contributed by atoms with van der Waals surface area (Å²) in [6.07, 6.45) is 4.14. The van der Waals surface area contributed by atoms with Crippen LogP contribution in [0.1, 0.15) is 11.1 Å². The fourth-order valence-corrected chi connectivity index (χ4v) is 3.21. The van der Waals surface area contributed by atoms with Crippen molar-refractivity contribution in [1.29, 1.82) is 0 Å². The molecule has 0 aliphatic carbocycles. The largest absolute Gasteiger partial charge is 0.493 e. The van der Waals surface area contributed by atoms with E-state index in [9.17, 15) is 0 Å². The first-order valence-electron chi connectivity index (χ1n) is 6.58. The van der Waals surface area contributed by atoms with Crippen molar-refractivity contribution in [2.75, 3.05) is 12.3 Å². The maximum atomic E-state index is 5.82. The quantitative estimate of drug-likeness (QED) is 0.769. The van der Waals surface area contributed by atoms with Crippen LogP contribution in [-0.2, 0) is 13.0 Å². The van der Waals surface area contributed by atoms with Gasteiger partial charge in [-0.2, -0.15) is 0 Å². The average Bonchev–Trinajstić information content (AvgIpc) is 3.07. The number of halogens is 1. The molecule has 0 bridgehead atoms. The van der Waals surface area contributed by atoms with Crippen LogP contribution in [0.4, 0.5) is 5.82 Å². The molecule has 0 radical (unpaired) electrons. The number of aromatic nitrogens is 4. The van der Waals surface area contributed by atoms with Crippen molar-refractivity contribution >= 4 is 32.9 Å². The van der Waals surface area contributed by atoms with E-state index >= 15 is 0 Å². The molecule has 0 saturated carbocycles. The van der Waals surface area contributed by atoms with Gasteiger partial charge < -0.3 is 15.0 Å². The summed E-state index contributed by atoms with van der Waals surface area (Å²) < 4.78 is 8.77. The molecule has 1 aliphatic rings. The molecular formula is C14H12BrN5O. The molecule has 0 spiro atoms. The van der Waals surface area contributed by atoms with E-state index in [0.717, 1.165) is 34.5 Å². The number of benzene rings is 1. The van der Waals surface area contributed by atoms with Gasteiger partial charge in [0.05, 0.1) is 19.5 Å². The Morgan fingerprint density at radius 3 is 3.10 bits per heavy atom. The zero-order valence-corrected chi connectivity index (χ0v) is 12.7. The van der Waals surface area contributed by atoms with Crippen LogP contribution in [0.25, 0.3) is 11.2 Å². The lowest BCUT2D eigenvalue weighted by molar-refractivity contribution is 0.353. The summed E-state index contributed by atoms with van der Waals surface area (Å²) in [5.41, 5.74) is 9.52. The molecule has 2 N–H and O–H groups in total. The zero-order chi connectivity index (χ0) is 14.4. The van der Waals surface area contributed by atoms with E-state index in [-0.39, 0.29) is 0 Å². The predicted octanol–water partition coefficient (Wildman–Crippen LogP) is 2.15. The highest BCUT2D eigenvalue weighted by molar-refractivity contribution is 9.10. The van der Waals surface area contributed by atoms with E-state index in [1.807, 2.05) is 4.57 Å². The second-order valence-electron chi connectivity index (χ2n) is 4.96. The van der Waals surface area contributed by atoms with Crippen molar-refractivity contribution in [1.82, 2.24) is 19.5 Å². The van der Waals surface area contributed by atoms with Gasteiger partial charge in [0.15, 0.2) is 11.5 Å². The summed E-state index contributed by atoms with van der Waals surface area (Å²) in [4.78, 5) is 12.5. The summed E-state index contributed by atoms with van der Waals surface area (Å²) in [6.45, 7) is 1.37. The van der Waals surface area contributed by atoms with Gasteiger partial charge in [-0.25, -0.2) is 15.0 Å². The molecule has 0 saturated heterocycles. The lowest BCUT2D eigenvalue weighted by Gasteiger charge is -2.10. The molecule has 2 aromatic heterocycles. The summed E-state index contributed by atoms with van der Waals surface area (Å²) in [5, 5.41) is 0. The Hall–Kier alpha value is -2.15. The molecule has 3 aromatic rings. The maximum Gasteiger partial charge on any atom is 0.165 e. The highest BCUT2D eigenvalue weighted by Gasteiger charge is 2.18. The van der Waals surface area contributed by atoms with Crippen LogP contribution in [0.15, 0.2) is 29.3 Å². The van der Waals surface area contributed by atoms with E-state index in [0.29, 0.717) is 17.9 Å². The van der Waals surface area contributed by atoms with Crippen molar-refractivity contribution in [2.45, 2.75) is 13.0 Å². The van der Waals surface area contributed by atoms with Gasteiger partial charge in [0.2, 0.25) is 0 Å². The molecular weight excluding hydrogens is 334 g/mol. The number of ether oxygens (including phenoxy) is 1. The third-order valence-electron chi connectivity index (χ3n) is 3.60. The number of hydrogen-bond donors (Lipinski definition) is 1. The van der Waals surface area contributed by atoms with Crippen LogP contribution in [0.3, 0.4) is 0 Å². The minimum Gasteiger partial charge on any atom is -0.493 e. The van der Waals surface area contributed by atoms with Crippen molar-refractivity contribution in [2.24, 2.45) is 0 Å². The smallest absolute Gasteiger partial charge is 0.165 e. The standard InChI is InChI=1S/C14H12BrN5O/c15-10-3-8-1-2-21-12(8)9(4-10)5-20-7-19-11-13(16)17-6-18-14(11)20/h3-4,6-7H,1-2,5H2,(H2,16,17,18). The maximum absolute atomic E-state index is 5.82. The molecule has 1 aliphatic heterocycles. The molecule has 106 valence electrons. The predicted molar refractivity (Wildman–Crippen MR) is 82.2 cm³/mol. The van der Waals surface area contributed by atoms with Gasteiger partial charge in [-0.15, -0.1) is 0 Å². The Balaban J connectivity index is 1.81. The Morgan fingerprint density at radius 2 is 2.19 bits per heavy atom. The number of imidazole rings is 1. The summed E-state index contributed by atoms with van der Waals surface area (Å²) >= 11 is 3.56. The van der Waals surface area contributed by atoms with Crippen molar-refractivity contribution in [3.05, 3.63) is 40.4 Å². The van der Waals surface area contributed by atoms with Crippen molar-refractivity contribution < 1.29 is 4.74 Å². The highest BCUT2D eigenvalue weighted by Crippen LogP contribution is 2.33. The lowest BCUT2D eigenvalue weighted by atomic mass is 10.1. The van der Waals surface area contributed by atoms with Gasteiger partial charge in [-0.05, 0) is 17.7 Å². The van der Waals surface area contributed by atoms with E-state index in [1.54, 1.807) is 6.33 Å². The zero-order valence-electron chi connectivity index (χ0n) is 11.1. The van der Waals surface area contributed by atoms with Gasteiger partial charge in [0.25, 0.3) is 0 Å². The third kappa shape index (κ3) is 2.04.